The van der Waals surface area contributed by atoms with Gasteiger partial charge in [-0.25, -0.2) is 0 Å². The molecule has 5 N–H and O–H groups in total. The van der Waals surface area contributed by atoms with Crippen LogP contribution >= 0.6 is 23.6 Å². The Balaban J connectivity index is 3.26. The van der Waals surface area contributed by atoms with Gasteiger partial charge in [0.2, 0.25) is 0 Å². The van der Waals surface area contributed by atoms with E-state index in [1.165, 1.54) is 11.3 Å². The Morgan fingerprint density at radius 3 is 2.53 bits per heavy atom. The van der Waals surface area contributed by atoms with Crippen molar-refractivity contribution < 1.29 is 4.79 Å². The third kappa shape index (κ3) is 2.45. The number of hydrogen-bond donors (Lipinski definition) is 3. The van der Waals surface area contributed by atoms with E-state index in [2.05, 4.69) is 5.32 Å². The van der Waals surface area contributed by atoms with Crippen LogP contribution < -0.4 is 16.8 Å². The maximum absolute atomic E-state index is 11.3. The van der Waals surface area contributed by atoms with Crippen molar-refractivity contribution in [3.8, 4) is 0 Å². The topological polar surface area (TPSA) is 81.1 Å². The van der Waals surface area contributed by atoms with Crippen molar-refractivity contribution in [1.82, 2.24) is 0 Å². The number of carbonyl (C=O) groups is 1. The van der Waals surface area contributed by atoms with Crippen LogP contribution in [0.2, 0.25) is 0 Å². The number of nitrogens with one attached hydrogen (secondary N) is 1. The largest absolute Gasteiger partial charge is 0.376 e. The lowest BCUT2D eigenvalue weighted by Crippen LogP contribution is -2.21. The van der Waals surface area contributed by atoms with E-state index in [0.29, 0.717) is 10.6 Å². The predicted molar refractivity (Wildman–Crippen MR) is 67.4 cm³/mol. The van der Waals surface area contributed by atoms with Crippen LogP contribution in [0.3, 0.4) is 0 Å². The summed E-state index contributed by atoms with van der Waals surface area (Å²) in [5, 5.41) is 3.56. The number of hydrogen-bond acceptors (Lipinski definition) is 3. The lowest BCUT2D eigenvalue weighted by atomic mass is 10.1. The Kier molecular flexibility index (Phi) is 3.65. The van der Waals surface area contributed by atoms with Crippen LogP contribution in [0.15, 0.2) is 0 Å². The third-order valence-corrected chi connectivity index (χ3v) is 3.21. The molecule has 6 heteroatoms. The zero-order valence-electron chi connectivity index (χ0n) is 8.59. The molecular formula is C9H13N3OS2. The van der Waals surface area contributed by atoms with Crippen LogP contribution in [-0.4, -0.2) is 11.0 Å². The minimum Gasteiger partial charge on any atom is -0.376 e. The van der Waals surface area contributed by atoms with E-state index in [1.807, 2.05) is 13.8 Å². The summed E-state index contributed by atoms with van der Waals surface area (Å²) in [6.07, 6.45) is 0.764. The van der Waals surface area contributed by atoms with Gasteiger partial charge in [0.25, 0.3) is 5.91 Å². The summed E-state index contributed by atoms with van der Waals surface area (Å²) in [7, 11) is 0. The lowest BCUT2D eigenvalue weighted by Gasteiger charge is -2.03. The summed E-state index contributed by atoms with van der Waals surface area (Å²) in [5.41, 5.74) is 12.2. The summed E-state index contributed by atoms with van der Waals surface area (Å²) >= 11 is 6.18. The zero-order chi connectivity index (χ0) is 11.6. The second-order valence-electron chi connectivity index (χ2n) is 3.05. The molecule has 0 spiro atoms. The highest BCUT2D eigenvalue weighted by Crippen LogP contribution is 2.32. The summed E-state index contributed by atoms with van der Waals surface area (Å²) in [6.45, 7) is 3.92. The molecule has 1 rings (SSSR count). The average Bonchev–Trinajstić information content (AvgIpc) is 2.40. The van der Waals surface area contributed by atoms with Gasteiger partial charge in [-0.05, 0) is 31.1 Å². The molecule has 0 fully saturated rings. The highest BCUT2D eigenvalue weighted by molar-refractivity contribution is 7.80. The molecule has 0 aliphatic rings. The van der Waals surface area contributed by atoms with Crippen molar-refractivity contribution in [2.24, 2.45) is 11.5 Å². The van der Waals surface area contributed by atoms with Gasteiger partial charge in [-0.15, -0.1) is 11.3 Å². The fraction of sp³-hybridized carbons (Fsp3) is 0.333. The van der Waals surface area contributed by atoms with Crippen molar-refractivity contribution in [2.45, 2.75) is 20.3 Å². The van der Waals surface area contributed by atoms with Crippen LogP contribution in [0.5, 0.6) is 0 Å². The van der Waals surface area contributed by atoms with E-state index in [1.54, 1.807) is 0 Å². The van der Waals surface area contributed by atoms with E-state index in [-0.39, 0.29) is 5.11 Å². The van der Waals surface area contributed by atoms with E-state index < -0.39 is 5.91 Å². The number of amides is 1. The summed E-state index contributed by atoms with van der Waals surface area (Å²) in [4.78, 5) is 12.4. The smallest absolute Gasteiger partial charge is 0.251 e. The van der Waals surface area contributed by atoms with Crippen LogP contribution in [-0.2, 0) is 6.42 Å². The Hall–Kier alpha value is -1.14. The second-order valence-corrected chi connectivity index (χ2v) is 4.71. The summed E-state index contributed by atoms with van der Waals surface area (Å²) in [5.74, 6) is -0.449. The molecule has 1 amide bonds. The fourth-order valence-corrected chi connectivity index (χ4v) is 2.79. The van der Waals surface area contributed by atoms with Crippen molar-refractivity contribution in [1.29, 1.82) is 0 Å². The fourth-order valence-electron chi connectivity index (χ4n) is 1.47. The Morgan fingerprint density at radius 1 is 1.53 bits per heavy atom. The number of aryl methyl sites for hydroxylation is 1. The molecule has 0 bridgehead atoms. The van der Waals surface area contributed by atoms with Gasteiger partial charge in [0.15, 0.2) is 5.11 Å². The highest BCUT2D eigenvalue weighted by atomic mass is 32.1. The van der Waals surface area contributed by atoms with Crippen molar-refractivity contribution in [3.63, 3.8) is 0 Å². The van der Waals surface area contributed by atoms with Crippen molar-refractivity contribution in [3.05, 3.63) is 16.0 Å². The Bertz CT molecular complexity index is 412. The normalized spacial score (nSPS) is 10.0. The molecule has 15 heavy (non-hydrogen) atoms. The van der Waals surface area contributed by atoms with Gasteiger partial charge >= 0.3 is 0 Å². The van der Waals surface area contributed by atoms with Gasteiger partial charge in [0.05, 0.1) is 5.56 Å². The van der Waals surface area contributed by atoms with Crippen LogP contribution in [0.25, 0.3) is 0 Å². The summed E-state index contributed by atoms with van der Waals surface area (Å²) in [6, 6.07) is 0. The predicted octanol–water partition coefficient (Wildman–Crippen LogP) is 1.37. The highest BCUT2D eigenvalue weighted by Gasteiger charge is 2.18. The molecule has 0 saturated carbocycles. The van der Waals surface area contributed by atoms with E-state index in [4.69, 9.17) is 23.7 Å². The van der Waals surface area contributed by atoms with Gasteiger partial charge in [0, 0.05) is 4.88 Å². The SMILES string of the molecule is CCc1c(C)sc(NC(N)=S)c1C(N)=O. The van der Waals surface area contributed by atoms with Gasteiger partial charge in [-0.2, -0.15) is 0 Å². The molecule has 0 unspecified atom stereocenters. The van der Waals surface area contributed by atoms with E-state index >= 15 is 0 Å². The average molecular weight is 243 g/mol. The zero-order valence-corrected chi connectivity index (χ0v) is 10.2. The molecule has 1 heterocycles. The first-order valence-electron chi connectivity index (χ1n) is 4.45. The standard InChI is InChI=1S/C9H13N3OS2/c1-3-5-4(2)15-8(12-9(11)14)6(5)7(10)13/h3H2,1-2H3,(H2,10,13)(H3,11,12,14). The van der Waals surface area contributed by atoms with E-state index in [9.17, 15) is 4.79 Å². The van der Waals surface area contributed by atoms with Gasteiger partial charge in [-0.1, -0.05) is 6.92 Å². The first kappa shape index (κ1) is 11.9. The lowest BCUT2D eigenvalue weighted by molar-refractivity contribution is 0.100. The van der Waals surface area contributed by atoms with Gasteiger partial charge < -0.3 is 16.8 Å². The van der Waals surface area contributed by atoms with Gasteiger partial charge in [0.1, 0.15) is 5.00 Å². The number of anilines is 1. The number of nitrogens with two attached hydrogens (primary N) is 2. The molecule has 0 aliphatic heterocycles. The van der Waals surface area contributed by atoms with Crippen molar-refractivity contribution in [2.75, 3.05) is 5.32 Å². The second kappa shape index (κ2) is 4.59. The van der Waals surface area contributed by atoms with E-state index in [0.717, 1.165) is 16.9 Å². The Morgan fingerprint density at radius 2 is 2.13 bits per heavy atom. The number of rotatable bonds is 3. The minimum atomic E-state index is -0.449. The number of primary amides is 1. The molecule has 82 valence electrons. The third-order valence-electron chi connectivity index (χ3n) is 2.05. The summed E-state index contributed by atoms with van der Waals surface area (Å²) < 4.78 is 0. The van der Waals surface area contributed by atoms with Crippen LogP contribution in [0.4, 0.5) is 5.00 Å². The maximum atomic E-state index is 11.3. The monoisotopic (exact) mass is 243 g/mol. The molecule has 1 aromatic heterocycles. The molecule has 0 radical (unpaired) electrons. The minimum absolute atomic E-state index is 0.140. The maximum Gasteiger partial charge on any atom is 0.251 e. The molecule has 4 nitrogen and oxygen atoms in total. The van der Waals surface area contributed by atoms with Crippen LogP contribution in [0.1, 0.15) is 27.7 Å². The number of carbonyl (C=O) groups excluding carboxylic acids is 1. The van der Waals surface area contributed by atoms with Gasteiger partial charge in [-0.3, -0.25) is 4.79 Å². The number of thiocarbonyl (C=S) groups is 1. The van der Waals surface area contributed by atoms with Crippen LogP contribution in [0, 0.1) is 6.92 Å². The number of thiophene rings is 1. The first-order chi connectivity index (χ1) is 6.97. The first-order valence-corrected chi connectivity index (χ1v) is 5.68. The quantitative estimate of drug-likeness (QED) is 0.700. The molecular weight excluding hydrogens is 230 g/mol. The molecule has 0 saturated heterocycles. The molecule has 0 aliphatic carbocycles. The Labute approximate surface area is 97.6 Å². The molecule has 0 aromatic carbocycles. The molecule has 0 atom stereocenters. The molecule has 1 aromatic rings. The van der Waals surface area contributed by atoms with Crippen molar-refractivity contribution >= 4 is 39.6 Å².